The van der Waals surface area contributed by atoms with E-state index < -0.39 is 0 Å². The molecule has 2 aromatic rings. The lowest BCUT2D eigenvalue weighted by Crippen LogP contribution is -2.33. The van der Waals surface area contributed by atoms with Crippen molar-refractivity contribution in [2.75, 3.05) is 0 Å². The fourth-order valence-corrected chi connectivity index (χ4v) is 4.24. The molecule has 1 aliphatic heterocycles. The Labute approximate surface area is 131 Å². The zero-order valence-corrected chi connectivity index (χ0v) is 13.2. The van der Waals surface area contributed by atoms with E-state index in [0.717, 1.165) is 4.88 Å². The lowest BCUT2D eigenvalue weighted by atomic mass is 9.71. The van der Waals surface area contributed by atoms with Gasteiger partial charge in [0.05, 0.1) is 11.5 Å². The van der Waals surface area contributed by atoms with Crippen molar-refractivity contribution in [1.29, 1.82) is 0 Å². The van der Waals surface area contributed by atoms with Gasteiger partial charge in [-0.15, -0.1) is 11.3 Å². The number of hydrogen-bond acceptors (Lipinski definition) is 4. The lowest BCUT2D eigenvalue weighted by Gasteiger charge is -2.36. The second-order valence-electron chi connectivity index (χ2n) is 6.65. The largest absolute Gasteiger partial charge is 0.443 e. The first-order valence-corrected chi connectivity index (χ1v) is 8.12. The van der Waals surface area contributed by atoms with Crippen molar-refractivity contribution >= 4 is 17.1 Å². The minimum Gasteiger partial charge on any atom is -0.443 e. The van der Waals surface area contributed by atoms with E-state index in [-0.39, 0.29) is 22.7 Å². The molecule has 2 aliphatic rings. The highest BCUT2D eigenvalue weighted by atomic mass is 32.1. The third-order valence-electron chi connectivity index (χ3n) is 4.29. The van der Waals surface area contributed by atoms with E-state index in [0.29, 0.717) is 35.6 Å². The highest BCUT2D eigenvalue weighted by Gasteiger charge is 2.44. The van der Waals surface area contributed by atoms with Crippen molar-refractivity contribution in [1.82, 2.24) is 10.2 Å². The Morgan fingerprint density at radius 2 is 2.09 bits per heavy atom. The average molecular weight is 316 g/mol. The number of allylic oxidation sites excluding steroid dienone is 2. The number of thiophene rings is 1. The minimum atomic E-state index is -0.322. The van der Waals surface area contributed by atoms with E-state index in [9.17, 15) is 9.59 Å². The summed E-state index contributed by atoms with van der Waals surface area (Å²) in [6.45, 7) is 4.13. The number of aromatic amines is 2. The SMILES string of the molecule is CC1(C)CC(=O)C2=C(C1)Oc1[nH][nH]c(=O)c1[C@@H]2c1cccs1. The summed E-state index contributed by atoms with van der Waals surface area (Å²) >= 11 is 1.55. The molecule has 0 saturated carbocycles. The first kappa shape index (κ1) is 13.6. The third-order valence-corrected chi connectivity index (χ3v) is 5.23. The molecule has 2 N–H and O–H groups in total. The fourth-order valence-electron chi connectivity index (χ4n) is 3.39. The molecule has 0 radical (unpaired) electrons. The molecule has 0 aromatic carbocycles. The number of ketones is 1. The van der Waals surface area contributed by atoms with Gasteiger partial charge in [-0.05, 0) is 16.9 Å². The number of nitrogens with one attached hydrogen (secondary N) is 2. The number of rotatable bonds is 1. The van der Waals surface area contributed by atoms with Crippen LogP contribution in [0.15, 0.2) is 33.6 Å². The molecule has 114 valence electrons. The normalized spacial score (nSPS) is 23.0. The van der Waals surface area contributed by atoms with Gasteiger partial charge in [0, 0.05) is 23.3 Å². The molecule has 5 nitrogen and oxygen atoms in total. The Morgan fingerprint density at radius 3 is 2.82 bits per heavy atom. The van der Waals surface area contributed by atoms with Gasteiger partial charge in [0.2, 0.25) is 5.88 Å². The van der Waals surface area contributed by atoms with Crippen LogP contribution in [0, 0.1) is 5.41 Å². The Hall–Kier alpha value is -2.08. The molecule has 6 heteroatoms. The Kier molecular flexibility index (Phi) is 2.75. The summed E-state index contributed by atoms with van der Waals surface area (Å²) in [7, 11) is 0. The highest BCUT2D eigenvalue weighted by Crippen LogP contribution is 2.49. The summed E-state index contributed by atoms with van der Waals surface area (Å²) in [6.07, 6.45) is 1.18. The number of fused-ring (bicyclic) bond motifs is 1. The maximum absolute atomic E-state index is 12.7. The van der Waals surface area contributed by atoms with Crippen molar-refractivity contribution in [2.24, 2.45) is 5.41 Å². The topological polar surface area (TPSA) is 75.0 Å². The molecule has 22 heavy (non-hydrogen) atoms. The number of H-pyrrole nitrogens is 2. The van der Waals surface area contributed by atoms with E-state index in [4.69, 9.17) is 4.74 Å². The van der Waals surface area contributed by atoms with Crippen molar-refractivity contribution in [3.8, 4) is 5.88 Å². The van der Waals surface area contributed by atoms with Crippen molar-refractivity contribution in [2.45, 2.75) is 32.6 Å². The molecule has 2 aromatic heterocycles. The van der Waals surface area contributed by atoms with Crippen LogP contribution in [0.5, 0.6) is 5.88 Å². The van der Waals surface area contributed by atoms with Crippen LogP contribution in [0.4, 0.5) is 0 Å². The molecule has 0 fully saturated rings. The molecular formula is C16H16N2O3S. The van der Waals surface area contributed by atoms with Gasteiger partial charge < -0.3 is 4.74 Å². The zero-order valence-electron chi connectivity index (χ0n) is 12.4. The third kappa shape index (κ3) is 1.90. The van der Waals surface area contributed by atoms with Gasteiger partial charge in [-0.1, -0.05) is 19.9 Å². The van der Waals surface area contributed by atoms with Crippen LogP contribution in [-0.4, -0.2) is 16.0 Å². The van der Waals surface area contributed by atoms with Crippen LogP contribution in [0.25, 0.3) is 0 Å². The molecule has 0 unspecified atom stereocenters. The Bertz CT molecular complexity index is 839. The maximum atomic E-state index is 12.7. The summed E-state index contributed by atoms with van der Waals surface area (Å²) < 4.78 is 5.87. The smallest absolute Gasteiger partial charge is 0.272 e. The van der Waals surface area contributed by atoms with Gasteiger partial charge in [0.1, 0.15) is 5.76 Å². The van der Waals surface area contributed by atoms with Crippen LogP contribution < -0.4 is 10.3 Å². The van der Waals surface area contributed by atoms with Gasteiger partial charge in [-0.25, -0.2) is 0 Å². The standard InChI is InChI=1S/C16H16N2O3S/c1-16(2)6-8(19)11-9(7-16)21-15-13(14(20)17-18-15)12(11)10-4-3-5-22-10/h3-5,12H,6-7H2,1-2H3,(H2,17,18,20)/t12-/m1/s1. The van der Waals surface area contributed by atoms with Crippen molar-refractivity contribution in [3.05, 3.63) is 49.6 Å². The first-order chi connectivity index (χ1) is 10.5. The number of carbonyl (C=O) groups is 1. The van der Waals surface area contributed by atoms with E-state index in [2.05, 4.69) is 24.0 Å². The number of ether oxygens (including phenoxy) is 1. The molecule has 1 aliphatic carbocycles. The molecule has 1 atom stereocenters. The fraction of sp³-hybridized carbons (Fsp3) is 0.375. The zero-order chi connectivity index (χ0) is 15.5. The maximum Gasteiger partial charge on any atom is 0.272 e. The van der Waals surface area contributed by atoms with Crippen LogP contribution >= 0.6 is 11.3 Å². The molecule has 4 rings (SSSR count). The van der Waals surface area contributed by atoms with Gasteiger partial charge in [0.25, 0.3) is 5.56 Å². The second kappa shape index (κ2) is 4.46. The molecule has 0 amide bonds. The molecule has 0 saturated heterocycles. The minimum absolute atomic E-state index is 0.0795. The Morgan fingerprint density at radius 1 is 1.27 bits per heavy atom. The molecule has 0 spiro atoms. The number of aromatic nitrogens is 2. The first-order valence-electron chi connectivity index (χ1n) is 7.24. The molecule has 0 bridgehead atoms. The summed E-state index contributed by atoms with van der Waals surface area (Å²) in [4.78, 5) is 25.9. The van der Waals surface area contributed by atoms with Crippen LogP contribution in [0.3, 0.4) is 0 Å². The lowest BCUT2D eigenvalue weighted by molar-refractivity contribution is -0.118. The van der Waals surface area contributed by atoms with Crippen molar-refractivity contribution < 1.29 is 9.53 Å². The van der Waals surface area contributed by atoms with Gasteiger partial charge in [-0.2, -0.15) is 0 Å². The number of hydrogen-bond donors (Lipinski definition) is 2. The summed E-state index contributed by atoms with van der Waals surface area (Å²) in [5, 5.41) is 7.33. The number of carbonyl (C=O) groups excluding carboxylic acids is 1. The average Bonchev–Trinajstić information content (AvgIpc) is 3.05. The van der Waals surface area contributed by atoms with E-state index in [1.807, 2.05) is 17.5 Å². The van der Waals surface area contributed by atoms with Gasteiger partial charge >= 0.3 is 0 Å². The van der Waals surface area contributed by atoms with Crippen LogP contribution in [0.1, 0.15) is 43.0 Å². The predicted molar refractivity (Wildman–Crippen MR) is 83.3 cm³/mol. The van der Waals surface area contributed by atoms with E-state index in [1.165, 1.54) is 0 Å². The summed E-state index contributed by atoms with van der Waals surface area (Å²) in [6, 6.07) is 3.90. The highest BCUT2D eigenvalue weighted by molar-refractivity contribution is 7.10. The predicted octanol–water partition coefficient (Wildman–Crippen LogP) is 2.93. The van der Waals surface area contributed by atoms with Crippen molar-refractivity contribution in [3.63, 3.8) is 0 Å². The molecular weight excluding hydrogens is 300 g/mol. The monoisotopic (exact) mass is 316 g/mol. The van der Waals surface area contributed by atoms with Crippen LogP contribution in [-0.2, 0) is 4.79 Å². The molecule has 3 heterocycles. The second-order valence-corrected chi connectivity index (χ2v) is 7.63. The number of Topliss-reactive ketones (excluding diaryl/α,β-unsaturated/α-hetero) is 1. The summed E-state index contributed by atoms with van der Waals surface area (Å²) in [5.41, 5.74) is 0.815. The quantitative estimate of drug-likeness (QED) is 0.849. The Balaban J connectivity index is 1.96. The van der Waals surface area contributed by atoms with E-state index >= 15 is 0 Å². The van der Waals surface area contributed by atoms with E-state index in [1.54, 1.807) is 11.3 Å². The van der Waals surface area contributed by atoms with Gasteiger partial charge in [-0.3, -0.25) is 19.8 Å². The summed E-state index contributed by atoms with van der Waals surface area (Å²) in [5.74, 6) is 0.892. The van der Waals surface area contributed by atoms with Gasteiger partial charge in [0.15, 0.2) is 5.78 Å². The van der Waals surface area contributed by atoms with Crippen LogP contribution in [0.2, 0.25) is 0 Å².